The van der Waals surface area contributed by atoms with E-state index < -0.39 is 10.0 Å². The van der Waals surface area contributed by atoms with Crippen LogP contribution in [0, 0.1) is 0 Å². The van der Waals surface area contributed by atoms with E-state index in [4.69, 9.17) is 5.73 Å². The molecule has 0 saturated carbocycles. The average Bonchev–Trinajstić information content (AvgIpc) is 2.40. The Labute approximate surface area is 131 Å². The Hall–Kier alpha value is -1.86. The van der Waals surface area contributed by atoms with Gasteiger partial charge < -0.3 is 5.73 Å². The molecule has 0 aliphatic heterocycles. The normalized spacial score (nSPS) is 11.1. The lowest BCUT2D eigenvalue weighted by atomic mass is 10.0. The molecular weight excluding hydrogens is 356 g/mol. The number of hydrogen-bond acceptors (Lipinski definition) is 4. The molecule has 0 heterocycles. The summed E-state index contributed by atoms with van der Waals surface area (Å²) in [6.07, 6.45) is 1.07. The van der Waals surface area contributed by atoms with Crippen LogP contribution in [0.4, 0.5) is 11.4 Å². The third-order valence-corrected chi connectivity index (χ3v) is 4.22. The summed E-state index contributed by atoms with van der Waals surface area (Å²) in [7, 11) is -3.33. The van der Waals surface area contributed by atoms with Gasteiger partial charge in [-0.15, -0.1) is 0 Å². The van der Waals surface area contributed by atoms with E-state index in [-0.39, 0.29) is 5.78 Å². The molecule has 0 bridgehead atoms. The lowest BCUT2D eigenvalue weighted by molar-refractivity contribution is 0.103. The van der Waals surface area contributed by atoms with Crippen molar-refractivity contribution >= 4 is 43.1 Å². The van der Waals surface area contributed by atoms with Gasteiger partial charge in [-0.2, -0.15) is 0 Å². The number of rotatable bonds is 4. The number of benzene rings is 2. The van der Waals surface area contributed by atoms with Crippen molar-refractivity contribution in [3.8, 4) is 0 Å². The van der Waals surface area contributed by atoms with Crippen LogP contribution in [0.2, 0.25) is 0 Å². The number of hydrogen-bond donors (Lipinski definition) is 2. The van der Waals surface area contributed by atoms with E-state index in [1.165, 1.54) is 12.1 Å². The molecule has 0 atom stereocenters. The Morgan fingerprint density at radius 1 is 1.14 bits per heavy atom. The van der Waals surface area contributed by atoms with Gasteiger partial charge in [0.15, 0.2) is 5.78 Å². The van der Waals surface area contributed by atoms with Crippen LogP contribution in [0.25, 0.3) is 0 Å². The van der Waals surface area contributed by atoms with Crippen LogP contribution in [0.1, 0.15) is 15.9 Å². The lowest BCUT2D eigenvalue weighted by Crippen LogP contribution is -2.10. The van der Waals surface area contributed by atoms with E-state index >= 15 is 0 Å². The molecular formula is C14H13BrN2O3S. The maximum atomic E-state index is 12.4. The number of anilines is 2. The van der Waals surface area contributed by atoms with E-state index in [9.17, 15) is 13.2 Å². The molecule has 0 aliphatic rings. The highest BCUT2D eigenvalue weighted by atomic mass is 79.9. The second-order valence-corrected chi connectivity index (χ2v) is 7.03. The van der Waals surface area contributed by atoms with Crippen molar-refractivity contribution in [1.82, 2.24) is 0 Å². The molecule has 0 unspecified atom stereocenters. The van der Waals surface area contributed by atoms with Gasteiger partial charge in [0.05, 0.1) is 10.7 Å². The van der Waals surface area contributed by atoms with E-state index in [1.807, 2.05) is 0 Å². The monoisotopic (exact) mass is 368 g/mol. The molecule has 0 spiro atoms. The van der Waals surface area contributed by atoms with Crippen molar-refractivity contribution in [2.24, 2.45) is 0 Å². The first-order valence-electron chi connectivity index (χ1n) is 5.94. The number of nitrogens with one attached hydrogen (secondary N) is 1. The van der Waals surface area contributed by atoms with Gasteiger partial charge in [-0.3, -0.25) is 9.52 Å². The third-order valence-electron chi connectivity index (χ3n) is 2.72. The minimum absolute atomic E-state index is 0.194. The van der Waals surface area contributed by atoms with Gasteiger partial charge in [0.2, 0.25) is 10.0 Å². The summed E-state index contributed by atoms with van der Waals surface area (Å²) in [6.45, 7) is 0. The van der Waals surface area contributed by atoms with Gasteiger partial charge in [-0.05, 0) is 52.3 Å². The molecule has 3 N–H and O–H groups in total. The summed E-state index contributed by atoms with van der Waals surface area (Å²) in [5.74, 6) is -0.194. The fourth-order valence-electron chi connectivity index (χ4n) is 1.78. The molecule has 2 aromatic rings. The van der Waals surface area contributed by atoms with Crippen molar-refractivity contribution in [3.05, 3.63) is 58.1 Å². The number of carbonyl (C=O) groups is 1. The second-order valence-electron chi connectivity index (χ2n) is 4.49. The number of carbonyl (C=O) groups excluding carboxylic acids is 1. The van der Waals surface area contributed by atoms with Crippen LogP contribution >= 0.6 is 15.9 Å². The van der Waals surface area contributed by atoms with Crippen molar-refractivity contribution in [3.63, 3.8) is 0 Å². The Kier molecular flexibility index (Phi) is 4.34. The number of nitrogens with two attached hydrogens (primary N) is 1. The van der Waals surface area contributed by atoms with E-state index in [2.05, 4.69) is 20.7 Å². The van der Waals surface area contributed by atoms with Gasteiger partial charge in [-0.1, -0.05) is 6.07 Å². The lowest BCUT2D eigenvalue weighted by Gasteiger charge is -2.07. The largest absolute Gasteiger partial charge is 0.398 e. The highest BCUT2D eigenvalue weighted by Gasteiger charge is 2.14. The highest BCUT2D eigenvalue weighted by Crippen LogP contribution is 2.26. The highest BCUT2D eigenvalue weighted by molar-refractivity contribution is 9.10. The fraction of sp³-hybridized carbons (Fsp3) is 0.0714. The molecule has 110 valence electrons. The van der Waals surface area contributed by atoms with Crippen LogP contribution in [0.3, 0.4) is 0 Å². The average molecular weight is 369 g/mol. The standard InChI is InChI=1S/C14H13BrN2O3S/c1-21(19,20)17-10-7-5-9(6-8-10)14(18)11-3-2-4-12(16)13(11)15/h2-8,17H,16H2,1H3. The molecule has 0 aromatic heterocycles. The van der Waals surface area contributed by atoms with Gasteiger partial charge in [0, 0.05) is 22.5 Å². The van der Waals surface area contributed by atoms with Gasteiger partial charge in [0.1, 0.15) is 0 Å². The Morgan fingerprint density at radius 3 is 2.33 bits per heavy atom. The smallest absolute Gasteiger partial charge is 0.229 e. The molecule has 2 aromatic carbocycles. The summed E-state index contributed by atoms with van der Waals surface area (Å²) in [6, 6.07) is 11.3. The fourth-order valence-corrected chi connectivity index (χ4v) is 2.79. The van der Waals surface area contributed by atoms with E-state index in [0.717, 1.165) is 6.26 Å². The minimum atomic E-state index is -3.33. The third kappa shape index (κ3) is 3.83. The summed E-state index contributed by atoms with van der Waals surface area (Å²) in [5, 5.41) is 0. The Bertz CT molecular complexity index is 786. The predicted octanol–water partition coefficient (Wildman–Crippen LogP) is 2.63. The summed E-state index contributed by atoms with van der Waals surface area (Å²) < 4.78 is 25.1. The minimum Gasteiger partial charge on any atom is -0.398 e. The molecule has 0 amide bonds. The topological polar surface area (TPSA) is 89.3 Å². The second kappa shape index (κ2) is 5.87. The van der Waals surface area contributed by atoms with Crippen molar-refractivity contribution in [2.75, 3.05) is 16.7 Å². The van der Waals surface area contributed by atoms with Crippen LogP contribution in [-0.2, 0) is 10.0 Å². The summed E-state index contributed by atoms with van der Waals surface area (Å²) >= 11 is 3.29. The zero-order chi connectivity index (χ0) is 15.6. The molecule has 5 nitrogen and oxygen atoms in total. The SMILES string of the molecule is CS(=O)(=O)Nc1ccc(C(=O)c2cccc(N)c2Br)cc1. The molecule has 7 heteroatoms. The number of halogens is 1. The van der Waals surface area contributed by atoms with Crippen LogP contribution < -0.4 is 10.5 Å². The van der Waals surface area contributed by atoms with E-state index in [0.29, 0.717) is 27.0 Å². The summed E-state index contributed by atoms with van der Waals surface area (Å²) in [5.41, 5.74) is 7.54. The van der Waals surface area contributed by atoms with Gasteiger partial charge >= 0.3 is 0 Å². The maximum absolute atomic E-state index is 12.4. The van der Waals surface area contributed by atoms with Crippen LogP contribution in [0.15, 0.2) is 46.9 Å². The van der Waals surface area contributed by atoms with Crippen molar-refractivity contribution < 1.29 is 13.2 Å². The number of sulfonamides is 1. The first-order valence-corrected chi connectivity index (χ1v) is 8.63. The number of ketones is 1. The zero-order valence-electron chi connectivity index (χ0n) is 11.1. The quantitative estimate of drug-likeness (QED) is 0.641. The summed E-state index contributed by atoms with van der Waals surface area (Å²) in [4.78, 5) is 12.4. The first kappa shape index (κ1) is 15.5. The first-order chi connectivity index (χ1) is 9.78. The number of nitrogen functional groups attached to an aromatic ring is 1. The zero-order valence-corrected chi connectivity index (χ0v) is 13.5. The molecule has 0 aliphatic carbocycles. The molecule has 0 saturated heterocycles. The van der Waals surface area contributed by atoms with Crippen molar-refractivity contribution in [2.45, 2.75) is 0 Å². The maximum Gasteiger partial charge on any atom is 0.229 e. The molecule has 2 rings (SSSR count). The molecule has 0 fully saturated rings. The molecule has 21 heavy (non-hydrogen) atoms. The predicted molar refractivity (Wildman–Crippen MR) is 86.9 cm³/mol. The van der Waals surface area contributed by atoms with Gasteiger partial charge in [0.25, 0.3) is 0 Å². The van der Waals surface area contributed by atoms with Gasteiger partial charge in [-0.25, -0.2) is 8.42 Å². The van der Waals surface area contributed by atoms with Crippen LogP contribution in [-0.4, -0.2) is 20.5 Å². The Balaban J connectivity index is 2.30. The van der Waals surface area contributed by atoms with Crippen LogP contribution in [0.5, 0.6) is 0 Å². The van der Waals surface area contributed by atoms with Crippen molar-refractivity contribution in [1.29, 1.82) is 0 Å². The van der Waals surface area contributed by atoms with E-state index in [1.54, 1.807) is 30.3 Å². The molecule has 0 radical (unpaired) electrons. The Morgan fingerprint density at radius 2 is 1.76 bits per heavy atom.